The Bertz CT molecular complexity index is 859. The normalized spacial score (nSPS) is 16.0. The third-order valence-corrected chi connectivity index (χ3v) is 5.65. The first-order chi connectivity index (χ1) is 11.9. The molecule has 3 nitrogen and oxygen atoms in total. The van der Waals surface area contributed by atoms with Crippen molar-refractivity contribution < 1.29 is 4.79 Å². The smallest absolute Gasteiger partial charge is 0.270 e. The first-order valence-corrected chi connectivity index (χ1v) is 9.36. The summed E-state index contributed by atoms with van der Waals surface area (Å²) in [6.07, 6.45) is 1.69. The Morgan fingerprint density at radius 2 is 1.68 bits per heavy atom. The van der Waals surface area contributed by atoms with Gasteiger partial charge in [-0.3, -0.25) is 9.69 Å². The molecule has 25 heavy (non-hydrogen) atoms. The third kappa shape index (κ3) is 3.70. The van der Waals surface area contributed by atoms with Crippen molar-refractivity contribution in [2.75, 3.05) is 23.9 Å². The maximum Gasteiger partial charge on any atom is 0.270 e. The van der Waals surface area contributed by atoms with Gasteiger partial charge in [0.05, 0.1) is 10.6 Å². The van der Waals surface area contributed by atoms with Crippen molar-refractivity contribution in [2.45, 2.75) is 0 Å². The number of benzene rings is 2. The van der Waals surface area contributed by atoms with Crippen LogP contribution in [0.4, 0.5) is 11.4 Å². The van der Waals surface area contributed by atoms with Crippen LogP contribution in [0.15, 0.2) is 47.4 Å². The highest BCUT2D eigenvalue weighted by molar-refractivity contribution is 8.27. The van der Waals surface area contributed by atoms with E-state index in [1.807, 2.05) is 43.3 Å². The van der Waals surface area contributed by atoms with E-state index >= 15 is 0 Å². The molecule has 2 aromatic carbocycles. The van der Waals surface area contributed by atoms with Crippen LogP contribution in [0.1, 0.15) is 5.56 Å². The fourth-order valence-electron chi connectivity index (χ4n) is 2.37. The Labute approximate surface area is 166 Å². The lowest BCUT2D eigenvalue weighted by atomic mass is 10.2. The van der Waals surface area contributed by atoms with Crippen molar-refractivity contribution in [3.8, 4) is 0 Å². The highest BCUT2D eigenvalue weighted by Crippen LogP contribution is 2.38. The van der Waals surface area contributed by atoms with E-state index in [4.69, 9.17) is 35.4 Å². The Morgan fingerprint density at radius 1 is 1.08 bits per heavy atom. The van der Waals surface area contributed by atoms with E-state index in [9.17, 15) is 4.79 Å². The van der Waals surface area contributed by atoms with Crippen molar-refractivity contribution in [1.29, 1.82) is 0 Å². The summed E-state index contributed by atoms with van der Waals surface area (Å²) in [6.45, 7) is 0. The molecule has 7 heteroatoms. The molecule has 3 rings (SSSR count). The molecular formula is C18H14Cl2N2OS2. The second kappa shape index (κ2) is 7.38. The molecule has 1 fully saturated rings. The van der Waals surface area contributed by atoms with Crippen LogP contribution in [-0.4, -0.2) is 24.3 Å². The number of halogens is 2. The first-order valence-electron chi connectivity index (χ1n) is 7.38. The predicted molar refractivity (Wildman–Crippen MR) is 113 cm³/mol. The second-order valence-corrected chi connectivity index (χ2v) is 8.05. The Hall–Kier alpha value is -1.53. The molecule has 1 amide bonds. The molecule has 2 aromatic rings. The molecular weight excluding hydrogens is 395 g/mol. The van der Waals surface area contributed by atoms with E-state index < -0.39 is 0 Å². The van der Waals surface area contributed by atoms with Crippen LogP contribution in [0.25, 0.3) is 6.08 Å². The lowest BCUT2D eigenvalue weighted by molar-refractivity contribution is -0.113. The third-order valence-electron chi connectivity index (χ3n) is 3.69. The number of rotatable bonds is 3. The van der Waals surface area contributed by atoms with E-state index in [-0.39, 0.29) is 5.91 Å². The van der Waals surface area contributed by atoms with Gasteiger partial charge in [-0.05, 0) is 42.5 Å². The van der Waals surface area contributed by atoms with Crippen LogP contribution in [0.3, 0.4) is 0 Å². The Morgan fingerprint density at radius 3 is 2.24 bits per heavy atom. The minimum absolute atomic E-state index is 0.177. The van der Waals surface area contributed by atoms with E-state index in [0.29, 0.717) is 24.8 Å². The average Bonchev–Trinajstić information content (AvgIpc) is 2.85. The molecule has 1 aliphatic heterocycles. The quantitative estimate of drug-likeness (QED) is 0.496. The SMILES string of the molecule is CN(C)c1ccc(N2C(=O)/C(=C\c3c(Cl)cccc3Cl)SC2=S)cc1. The van der Waals surface area contributed by atoms with Gasteiger partial charge in [0.2, 0.25) is 0 Å². The number of hydrogen-bond acceptors (Lipinski definition) is 4. The number of carbonyl (C=O) groups is 1. The van der Waals surface area contributed by atoms with Gasteiger partial charge in [-0.25, -0.2) is 0 Å². The highest BCUT2D eigenvalue weighted by atomic mass is 35.5. The van der Waals surface area contributed by atoms with Crippen LogP contribution >= 0.6 is 47.2 Å². The topological polar surface area (TPSA) is 23.6 Å². The van der Waals surface area contributed by atoms with Crippen LogP contribution in [0.2, 0.25) is 10.0 Å². The number of anilines is 2. The summed E-state index contributed by atoms with van der Waals surface area (Å²) < 4.78 is 0.483. The lowest BCUT2D eigenvalue weighted by Gasteiger charge is -2.17. The number of hydrogen-bond donors (Lipinski definition) is 0. The molecule has 0 saturated carbocycles. The predicted octanol–water partition coefficient (Wildman–Crippen LogP) is 5.47. The minimum Gasteiger partial charge on any atom is -0.378 e. The number of carbonyl (C=O) groups excluding carboxylic acids is 1. The fraction of sp³-hybridized carbons (Fsp3) is 0.111. The zero-order valence-corrected chi connectivity index (χ0v) is 16.6. The van der Waals surface area contributed by atoms with Crippen molar-refractivity contribution in [1.82, 2.24) is 0 Å². The van der Waals surface area contributed by atoms with E-state index in [2.05, 4.69) is 0 Å². The van der Waals surface area contributed by atoms with Gasteiger partial charge in [0.1, 0.15) is 0 Å². The van der Waals surface area contributed by atoms with Crippen molar-refractivity contribution in [3.05, 3.63) is 63.0 Å². The molecule has 1 aliphatic rings. The molecule has 0 atom stereocenters. The van der Waals surface area contributed by atoms with E-state index in [0.717, 1.165) is 11.4 Å². The first kappa shape index (κ1) is 18.3. The summed E-state index contributed by atoms with van der Waals surface area (Å²) in [7, 11) is 3.93. The number of thioether (sulfide) groups is 1. The summed E-state index contributed by atoms with van der Waals surface area (Å²) in [5, 5.41) is 0.987. The number of nitrogens with zero attached hydrogens (tertiary/aromatic N) is 2. The summed E-state index contributed by atoms with van der Waals surface area (Å²) >= 11 is 19.0. The van der Waals surface area contributed by atoms with Crippen LogP contribution in [-0.2, 0) is 4.79 Å². The molecule has 1 saturated heterocycles. The van der Waals surface area contributed by atoms with Crippen molar-refractivity contribution >= 4 is 74.9 Å². The van der Waals surface area contributed by atoms with Gasteiger partial charge in [0.15, 0.2) is 4.32 Å². The molecule has 0 aromatic heterocycles. The van der Waals surface area contributed by atoms with Gasteiger partial charge in [0.25, 0.3) is 5.91 Å². The van der Waals surface area contributed by atoms with Crippen LogP contribution in [0.5, 0.6) is 0 Å². The Balaban J connectivity index is 1.94. The average molecular weight is 409 g/mol. The molecule has 0 spiro atoms. The molecule has 0 unspecified atom stereocenters. The standard InChI is InChI=1S/C18H14Cl2N2OS2/c1-21(2)11-6-8-12(9-7-11)22-17(23)16(25-18(22)24)10-13-14(19)4-3-5-15(13)20/h3-10H,1-2H3/b16-10+. The van der Waals surface area contributed by atoms with Gasteiger partial charge in [-0.15, -0.1) is 0 Å². The highest BCUT2D eigenvalue weighted by Gasteiger charge is 2.33. The molecule has 1 heterocycles. The molecule has 128 valence electrons. The largest absolute Gasteiger partial charge is 0.378 e. The van der Waals surface area contributed by atoms with Gasteiger partial charge in [0, 0.05) is 35.4 Å². The molecule has 0 aliphatic carbocycles. The summed E-state index contributed by atoms with van der Waals surface area (Å²) in [5.41, 5.74) is 2.41. The zero-order valence-electron chi connectivity index (χ0n) is 13.5. The summed E-state index contributed by atoms with van der Waals surface area (Å²) in [6, 6.07) is 12.9. The monoisotopic (exact) mass is 408 g/mol. The summed E-state index contributed by atoms with van der Waals surface area (Å²) in [4.78, 5) is 16.8. The Kier molecular flexibility index (Phi) is 5.39. The van der Waals surface area contributed by atoms with Crippen molar-refractivity contribution in [2.24, 2.45) is 0 Å². The number of amides is 1. The fourth-order valence-corrected chi connectivity index (χ4v) is 4.16. The lowest BCUT2D eigenvalue weighted by Crippen LogP contribution is -2.27. The van der Waals surface area contributed by atoms with Gasteiger partial charge in [-0.2, -0.15) is 0 Å². The maximum absolute atomic E-state index is 12.8. The zero-order chi connectivity index (χ0) is 18.1. The van der Waals surface area contributed by atoms with E-state index in [1.165, 1.54) is 16.7 Å². The van der Waals surface area contributed by atoms with Gasteiger partial charge < -0.3 is 4.90 Å². The van der Waals surface area contributed by atoms with Crippen LogP contribution in [0, 0.1) is 0 Å². The van der Waals surface area contributed by atoms with E-state index in [1.54, 1.807) is 24.3 Å². The number of thiocarbonyl (C=S) groups is 1. The van der Waals surface area contributed by atoms with Crippen molar-refractivity contribution in [3.63, 3.8) is 0 Å². The second-order valence-electron chi connectivity index (χ2n) is 5.56. The minimum atomic E-state index is -0.177. The molecule has 0 radical (unpaired) electrons. The molecule has 0 bridgehead atoms. The van der Waals surface area contributed by atoms with Crippen LogP contribution < -0.4 is 9.80 Å². The summed E-state index contributed by atoms with van der Waals surface area (Å²) in [5.74, 6) is -0.177. The van der Waals surface area contributed by atoms with Gasteiger partial charge >= 0.3 is 0 Å². The van der Waals surface area contributed by atoms with Gasteiger partial charge in [-0.1, -0.05) is 53.2 Å². The molecule has 0 N–H and O–H groups in total. The maximum atomic E-state index is 12.8.